The molecule has 1 aliphatic carbocycles. The monoisotopic (exact) mass is 426 g/mol. The van der Waals surface area contributed by atoms with Crippen LogP contribution in [-0.2, 0) is 24.1 Å². The molecule has 1 aliphatic rings. The highest BCUT2D eigenvalue weighted by molar-refractivity contribution is 7.17. The zero-order valence-electron chi connectivity index (χ0n) is 16.1. The van der Waals surface area contributed by atoms with Gasteiger partial charge < -0.3 is 20.2 Å². The number of benzene rings is 1. The Morgan fingerprint density at radius 2 is 2.07 bits per heavy atom. The maximum atomic E-state index is 13.0. The van der Waals surface area contributed by atoms with Gasteiger partial charge in [-0.3, -0.25) is 4.79 Å². The molecule has 1 aromatic carbocycles. The predicted molar refractivity (Wildman–Crippen MR) is 110 cm³/mol. The van der Waals surface area contributed by atoms with Crippen molar-refractivity contribution in [2.24, 2.45) is 0 Å². The molecule has 0 atom stereocenters. The van der Waals surface area contributed by atoms with Crippen LogP contribution < -0.4 is 5.32 Å². The summed E-state index contributed by atoms with van der Waals surface area (Å²) in [5.74, 6) is -1.50. The highest BCUT2D eigenvalue weighted by atomic mass is 32.1. The third-order valence-corrected chi connectivity index (χ3v) is 6.11. The number of amides is 1. The number of methoxy groups -OCH3 is 1. The first kappa shape index (κ1) is 19.8. The molecule has 0 bridgehead atoms. The van der Waals surface area contributed by atoms with Crippen LogP contribution in [0.15, 0.2) is 36.4 Å². The Bertz CT molecular complexity index is 1140. The van der Waals surface area contributed by atoms with E-state index in [0.717, 1.165) is 41.3 Å². The molecular formula is C20H18N4O5S. The summed E-state index contributed by atoms with van der Waals surface area (Å²) in [5, 5.41) is 18.3. The van der Waals surface area contributed by atoms with Crippen molar-refractivity contribution in [2.75, 3.05) is 12.4 Å². The number of nitro groups is 1. The van der Waals surface area contributed by atoms with E-state index in [1.807, 2.05) is 30.3 Å². The summed E-state index contributed by atoms with van der Waals surface area (Å²) >= 11 is 1.34. The molecule has 1 amide bonds. The van der Waals surface area contributed by atoms with Crippen LogP contribution in [0.25, 0.3) is 0 Å². The Balaban J connectivity index is 1.67. The summed E-state index contributed by atoms with van der Waals surface area (Å²) in [4.78, 5) is 36.9. The summed E-state index contributed by atoms with van der Waals surface area (Å²) in [7, 11) is 1.30. The highest BCUT2D eigenvalue weighted by Gasteiger charge is 2.30. The van der Waals surface area contributed by atoms with Gasteiger partial charge in [-0.15, -0.1) is 11.3 Å². The van der Waals surface area contributed by atoms with Crippen LogP contribution in [0.5, 0.6) is 0 Å². The number of aryl methyl sites for hydroxylation is 1. The standard InChI is InChI=1S/C20H18N4O5S/c1-29-20(26)17-13-8-5-9-15(13)30-19(17)21-18(25)14-10-16(24(27)28)22-23(14)11-12-6-3-2-4-7-12/h2-4,6-7,10H,5,8-9,11H2,1H3,(H,21,25). The van der Waals surface area contributed by atoms with Gasteiger partial charge in [0.15, 0.2) is 5.69 Å². The van der Waals surface area contributed by atoms with E-state index < -0.39 is 22.6 Å². The van der Waals surface area contributed by atoms with Crippen molar-refractivity contribution in [1.82, 2.24) is 9.78 Å². The molecule has 10 heteroatoms. The molecular weight excluding hydrogens is 408 g/mol. The molecule has 0 spiro atoms. The summed E-state index contributed by atoms with van der Waals surface area (Å²) in [6, 6.07) is 10.3. The molecule has 0 radical (unpaired) electrons. The smallest absolute Gasteiger partial charge is 0.390 e. The fourth-order valence-electron chi connectivity index (χ4n) is 3.53. The van der Waals surface area contributed by atoms with Gasteiger partial charge in [0.25, 0.3) is 5.91 Å². The number of nitrogens with one attached hydrogen (secondary N) is 1. The summed E-state index contributed by atoms with van der Waals surface area (Å²) in [6.45, 7) is 0.197. The van der Waals surface area contributed by atoms with Gasteiger partial charge in [-0.2, -0.15) is 4.68 Å². The minimum absolute atomic E-state index is 0.0370. The maximum Gasteiger partial charge on any atom is 0.390 e. The lowest BCUT2D eigenvalue weighted by Crippen LogP contribution is -2.19. The van der Waals surface area contributed by atoms with Gasteiger partial charge in [0.2, 0.25) is 0 Å². The summed E-state index contributed by atoms with van der Waals surface area (Å²) in [6.07, 6.45) is 2.55. The van der Waals surface area contributed by atoms with Crippen LogP contribution in [0.3, 0.4) is 0 Å². The Labute approximate surface area is 175 Å². The number of anilines is 1. The minimum atomic E-state index is -0.641. The molecule has 0 saturated heterocycles. The van der Waals surface area contributed by atoms with E-state index in [0.29, 0.717) is 10.6 Å². The molecule has 1 N–H and O–H groups in total. The molecule has 4 rings (SSSR count). The lowest BCUT2D eigenvalue weighted by Gasteiger charge is -2.07. The van der Waals surface area contributed by atoms with Crippen molar-refractivity contribution in [3.63, 3.8) is 0 Å². The number of carbonyl (C=O) groups is 2. The zero-order valence-corrected chi connectivity index (χ0v) is 16.9. The number of rotatable bonds is 6. The second kappa shape index (κ2) is 8.07. The van der Waals surface area contributed by atoms with Crippen LogP contribution in [0.1, 0.15) is 43.3 Å². The maximum absolute atomic E-state index is 13.0. The average Bonchev–Trinajstić information content (AvgIpc) is 3.43. The fourth-order valence-corrected chi connectivity index (χ4v) is 4.80. The fraction of sp³-hybridized carbons (Fsp3) is 0.250. The summed E-state index contributed by atoms with van der Waals surface area (Å²) in [5.41, 5.74) is 2.16. The van der Waals surface area contributed by atoms with E-state index >= 15 is 0 Å². The van der Waals surface area contributed by atoms with E-state index in [9.17, 15) is 19.7 Å². The molecule has 0 saturated carbocycles. The van der Waals surface area contributed by atoms with Gasteiger partial charge in [-0.05, 0) is 35.3 Å². The number of nitrogens with zero attached hydrogens (tertiary/aromatic N) is 3. The van der Waals surface area contributed by atoms with Gasteiger partial charge in [-0.25, -0.2) is 4.79 Å². The molecule has 0 fully saturated rings. The normalized spacial score (nSPS) is 12.4. The molecule has 154 valence electrons. The number of carbonyl (C=O) groups excluding carboxylic acids is 2. The molecule has 0 aliphatic heterocycles. The van der Waals surface area contributed by atoms with Crippen LogP contribution in [0, 0.1) is 10.1 Å². The largest absolute Gasteiger partial charge is 0.465 e. The number of aromatic nitrogens is 2. The van der Waals surface area contributed by atoms with Crippen molar-refractivity contribution in [3.8, 4) is 0 Å². The quantitative estimate of drug-likeness (QED) is 0.367. The van der Waals surface area contributed by atoms with E-state index in [1.54, 1.807) is 0 Å². The van der Waals surface area contributed by atoms with Crippen molar-refractivity contribution in [1.29, 1.82) is 0 Å². The number of hydrogen-bond donors (Lipinski definition) is 1. The van der Waals surface area contributed by atoms with Crippen molar-refractivity contribution < 1.29 is 19.2 Å². The van der Waals surface area contributed by atoms with E-state index in [2.05, 4.69) is 10.4 Å². The van der Waals surface area contributed by atoms with E-state index in [4.69, 9.17) is 4.74 Å². The highest BCUT2D eigenvalue weighted by Crippen LogP contribution is 2.39. The van der Waals surface area contributed by atoms with Gasteiger partial charge in [0, 0.05) is 4.88 Å². The topological polar surface area (TPSA) is 116 Å². The predicted octanol–water partition coefficient (Wildman–Crippen LogP) is 3.43. The van der Waals surface area contributed by atoms with Crippen LogP contribution in [-0.4, -0.2) is 33.7 Å². The second-order valence-electron chi connectivity index (χ2n) is 6.80. The number of esters is 1. The van der Waals surface area contributed by atoms with Gasteiger partial charge >= 0.3 is 11.8 Å². The molecule has 2 heterocycles. The van der Waals surface area contributed by atoms with Crippen LogP contribution >= 0.6 is 11.3 Å². The lowest BCUT2D eigenvalue weighted by atomic mass is 10.1. The lowest BCUT2D eigenvalue weighted by molar-refractivity contribution is -0.389. The Morgan fingerprint density at radius 3 is 2.77 bits per heavy atom. The third-order valence-electron chi connectivity index (χ3n) is 4.90. The third kappa shape index (κ3) is 3.69. The van der Waals surface area contributed by atoms with E-state index in [1.165, 1.54) is 23.1 Å². The van der Waals surface area contributed by atoms with Crippen LogP contribution in [0.2, 0.25) is 0 Å². The number of thiophene rings is 1. The SMILES string of the molecule is COC(=O)c1c(NC(=O)c2cc([N+](=O)[O-])nn2Cc2ccccc2)sc2c1CCC2. The molecule has 0 unspecified atom stereocenters. The van der Waals surface area contributed by atoms with Crippen molar-refractivity contribution in [2.45, 2.75) is 25.8 Å². The van der Waals surface area contributed by atoms with Crippen molar-refractivity contribution in [3.05, 3.63) is 73.8 Å². The first-order valence-corrected chi connectivity index (χ1v) is 10.1. The number of hydrogen-bond acceptors (Lipinski definition) is 7. The molecule has 30 heavy (non-hydrogen) atoms. The van der Waals surface area contributed by atoms with E-state index in [-0.39, 0.29) is 12.2 Å². The number of fused-ring (bicyclic) bond motifs is 1. The minimum Gasteiger partial charge on any atom is -0.465 e. The zero-order chi connectivity index (χ0) is 21.3. The van der Waals surface area contributed by atoms with Gasteiger partial charge in [0.1, 0.15) is 5.00 Å². The second-order valence-corrected chi connectivity index (χ2v) is 7.90. The Morgan fingerprint density at radius 1 is 1.30 bits per heavy atom. The first-order valence-electron chi connectivity index (χ1n) is 9.28. The van der Waals surface area contributed by atoms with Crippen LogP contribution in [0.4, 0.5) is 10.8 Å². The number of ether oxygens (including phenoxy) is 1. The van der Waals surface area contributed by atoms with Gasteiger partial charge in [0.05, 0.1) is 30.4 Å². The Kier molecular flexibility index (Phi) is 5.32. The van der Waals surface area contributed by atoms with Gasteiger partial charge in [-0.1, -0.05) is 30.3 Å². The average molecular weight is 426 g/mol. The first-order chi connectivity index (χ1) is 14.5. The van der Waals surface area contributed by atoms with Crippen molar-refractivity contribution >= 4 is 34.0 Å². The molecule has 3 aromatic rings. The Hall–Kier alpha value is -3.53. The summed E-state index contributed by atoms with van der Waals surface area (Å²) < 4.78 is 6.19. The molecule has 2 aromatic heterocycles. The molecule has 9 nitrogen and oxygen atoms in total.